The summed E-state index contributed by atoms with van der Waals surface area (Å²) in [6, 6.07) is 21.6. The van der Waals surface area contributed by atoms with Crippen molar-refractivity contribution in [1.82, 2.24) is 0 Å². The molecular formula is C20H15Cl. The Bertz CT molecular complexity index is 983. The number of benzene rings is 4. The molecule has 4 aromatic rings. The van der Waals surface area contributed by atoms with Crippen LogP contribution in [0.2, 0.25) is 0 Å². The first-order chi connectivity index (χ1) is 10.3. The minimum atomic E-state index is 0.547. The number of fused-ring (bicyclic) bond motifs is 5. The molecule has 0 atom stereocenters. The molecule has 0 aromatic heterocycles. The van der Waals surface area contributed by atoms with Crippen molar-refractivity contribution in [3.8, 4) is 0 Å². The Balaban J connectivity index is 2.37. The SMILES string of the molecule is Cc1c(CCl)c2ccccc2c2ccc3ccccc3c12. The third-order valence-corrected chi connectivity index (χ3v) is 4.70. The van der Waals surface area contributed by atoms with Crippen LogP contribution in [0.4, 0.5) is 0 Å². The van der Waals surface area contributed by atoms with Gasteiger partial charge in [0.05, 0.1) is 0 Å². The zero-order valence-electron chi connectivity index (χ0n) is 11.9. The maximum atomic E-state index is 6.26. The largest absolute Gasteiger partial charge is 0.122 e. The summed E-state index contributed by atoms with van der Waals surface area (Å²) in [5.41, 5.74) is 2.55. The van der Waals surface area contributed by atoms with Gasteiger partial charge in [0.25, 0.3) is 0 Å². The minimum absolute atomic E-state index is 0.547. The maximum absolute atomic E-state index is 6.26. The highest BCUT2D eigenvalue weighted by Gasteiger charge is 2.12. The van der Waals surface area contributed by atoms with E-state index in [1.54, 1.807) is 0 Å². The average Bonchev–Trinajstić information content (AvgIpc) is 2.54. The van der Waals surface area contributed by atoms with Gasteiger partial charge < -0.3 is 0 Å². The second-order valence-corrected chi connectivity index (χ2v) is 5.76. The highest BCUT2D eigenvalue weighted by Crippen LogP contribution is 2.37. The molecule has 0 fully saturated rings. The van der Waals surface area contributed by atoms with Crippen molar-refractivity contribution in [2.75, 3.05) is 0 Å². The van der Waals surface area contributed by atoms with E-state index >= 15 is 0 Å². The van der Waals surface area contributed by atoms with E-state index in [1.807, 2.05) is 0 Å². The predicted molar refractivity (Wildman–Crippen MR) is 93.3 cm³/mol. The number of hydrogen-bond acceptors (Lipinski definition) is 0. The third-order valence-electron chi connectivity index (χ3n) is 4.43. The van der Waals surface area contributed by atoms with Gasteiger partial charge in [0, 0.05) is 5.88 Å². The van der Waals surface area contributed by atoms with Gasteiger partial charge >= 0.3 is 0 Å². The summed E-state index contributed by atoms with van der Waals surface area (Å²) in [5.74, 6) is 0.547. The van der Waals surface area contributed by atoms with Crippen LogP contribution in [-0.4, -0.2) is 0 Å². The lowest BCUT2D eigenvalue weighted by Gasteiger charge is -2.15. The first-order valence-electron chi connectivity index (χ1n) is 7.19. The Labute approximate surface area is 129 Å². The topological polar surface area (TPSA) is 0 Å². The van der Waals surface area contributed by atoms with Gasteiger partial charge in [0.2, 0.25) is 0 Å². The molecule has 0 saturated heterocycles. The summed E-state index contributed by atoms with van der Waals surface area (Å²) in [6.07, 6.45) is 0. The number of hydrogen-bond donors (Lipinski definition) is 0. The first-order valence-corrected chi connectivity index (χ1v) is 7.72. The van der Waals surface area contributed by atoms with Gasteiger partial charge in [0.15, 0.2) is 0 Å². The van der Waals surface area contributed by atoms with Crippen molar-refractivity contribution in [3.05, 3.63) is 71.8 Å². The van der Waals surface area contributed by atoms with Gasteiger partial charge in [-0.05, 0) is 50.4 Å². The minimum Gasteiger partial charge on any atom is -0.122 e. The Hall–Kier alpha value is -2.05. The van der Waals surface area contributed by atoms with Crippen LogP contribution in [0.3, 0.4) is 0 Å². The van der Waals surface area contributed by atoms with Crippen LogP contribution in [-0.2, 0) is 5.88 Å². The summed E-state index contributed by atoms with van der Waals surface area (Å²) in [4.78, 5) is 0. The molecule has 0 aliphatic heterocycles. The first kappa shape index (κ1) is 12.7. The molecule has 0 N–H and O–H groups in total. The van der Waals surface area contributed by atoms with Crippen LogP contribution in [0.15, 0.2) is 60.7 Å². The van der Waals surface area contributed by atoms with E-state index < -0.39 is 0 Å². The van der Waals surface area contributed by atoms with Gasteiger partial charge in [-0.2, -0.15) is 0 Å². The molecule has 0 saturated carbocycles. The summed E-state index contributed by atoms with van der Waals surface area (Å²) in [6.45, 7) is 2.19. The molecule has 102 valence electrons. The maximum Gasteiger partial charge on any atom is 0.0483 e. The van der Waals surface area contributed by atoms with Gasteiger partial charge in [0.1, 0.15) is 0 Å². The van der Waals surface area contributed by atoms with E-state index in [4.69, 9.17) is 11.6 Å². The van der Waals surface area contributed by atoms with Crippen molar-refractivity contribution < 1.29 is 0 Å². The van der Waals surface area contributed by atoms with E-state index in [0.29, 0.717) is 5.88 Å². The smallest absolute Gasteiger partial charge is 0.0483 e. The molecule has 0 aliphatic rings. The summed E-state index contributed by atoms with van der Waals surface area (Å²) in [5, 5.41) is 7.80. The number of alkyl halides is 1. The van der Waals surface area contributed by atoms with Crippen molar-refractivity contribution in [1.29, 1.82) is 0 Å². The zero-order chi connectivity index (χ0) is 14.4. The second kappa shape index (κ2) is 4.75. The molecule has 1 heteroatoms. The van der Waals surface area contributed by atoms with Gasteiger partial charge in [-0.3, -0.25) is 0 Å². The molecule has 0 heterocycles. The van der Waals surface area contributed by atoms with Gasteiger partial charge in [-0.15, -0.1) is 11.6 Å². The second-order valence-electron chi connectivity index (χ2n) is 5.49. The molecular weight excluding hydrogens is 276 g/mol. The van der Waals surface area contributed by atoms with Gasteiger partial charge in [-0.1, -0.05) is 60.7 Å². The Morgan fingerprint density at radius 2 is 1.38 bits per heavy atom. The zero-order valence-corrected chi connectivity index (χ0v) is 12.6. The Morgan fingerprint density at radius 1 is 0.714 bits per heavy atom. The van der Waals surface area contributed by atoms with E-state index in [9.17, 15) is 0 Å². The van der Waals surface area contributed by atoms with Crippen LogP contribution in [0.1, 0.15) is 11.1 Å². The Morgan fingerprint density at radius 3 is 2.14 bits per heavy atom. The van der Waals surface area contributed by atoms with E-state index in [1.165, 1.54) is 43.4 Å². The van der Waals surface area contributed by atoms with E-state index in [-0.39, 0.29) is 0 Å². The third kappa shape index (κ3) is 1.76. The number of aryl methyl sites for hydroxylation is 1. The summed E-state index contributed by atoms with van der Waals surface area (Å²) < 4.78 is 0. The molecule has 0 bridgehead atoms. The van der Waals surface area contributed by atoms with E-state index in [0.717, 1.165) is 0 Å². The molecule has 0 aliphatic carbocycles. The molecule has 0 amide bonds. The number of rotatable bonds is 1. The van der Waals surface area contributed by atoms with Crippen LogP contribution < -0.4 is 0 Å². The van der Waals surface area contributed by atoms with Crippen LogP contribution in [0.5, 0.6) is 0 Å². The van der Waals surface area contributed by atoms with E-state index in [2.05, 4.69) is 67.6 Å². The van der Waals surface area contributed by atoms with Crippen molar-refractivity contribution in [2.45, 2.75) is 12.8 Å². The summed E-state index contributed by atoms with van der Waals surface area (Å²) >= 11 is 6.26. The fraction of sp³-hybridized carbons (Fsp3) is 0.100. The molecule has 4 aromatic carbocycles. The Kier molecular flexibility index (Phi) is 2.87. The standard InChI is InChI=1S/C20H15Cl/c1-13-19(12-21)17-9-5-4-8-16(17)18-11-10-14-6-2-3-7-15(14)20(13)18/h2-11H,12H2,1H3. The van der Waals surface area contributed by atoms with Crippen LogP contribution in [0, 0.1) is 6.92 Å². The lowest BCUT2D eigenvalue weighted by molar-refractivity contribution is 1.37. The summed E-state index contributed by atoms with van der Waals surface area (Å²) in [7, 11) is 0. The van der Waals surface area contributed by atoms with Crippen molar-refractivity contribution >= 4 is 43.9 Å². The quantitative estimate of drug-likeness (QED) is 0.289. The fourth-order valence-corrected chi connectivity index (χ4v) is 3.75. The average molecular weight is 291 g/mol. The van der Waals surface area contributed by atoms with Crippen molar-refractivity contribution in [2.24, 2.45) is 0 Å². The molecule has 0 unspecified atom stereocenters. The number of halogens is 1. The lowest BCUT2D eigenvalue weighted by atomic mass is 9.90. The predicted octanol–water partition coefficient (Wildman–Crippen LogP) is 6.19. The molecule has 21 heavy (non-hydrogen) atoms. The van der Waals surface area contributed by atoms with Crippen LogP contribution >= 0.6 is 11.6 Å². The van der Waals surface area contributed by atoms with Crippen molar-refractivity contribution in [3.63, 3.8) is 0 Å². The molecule has 4 rings (SSSR count). The molecule has 0 spiro atoms. The highest BCUT2D eigenvalue weighted by atomic mass is 35.5. The highest BCUT2D eigenvalue weighted by molar-refractivity contribution is 6.23. The fourth-order valence-electron chi connectivity index (χ4n) is 3.41. The normalized spacial score (nSPS) is 11.5. The monoisotopic (exact) mass is 290 g/mol. The van der Waals surface area contributed by atoms with Gasteiger partial charge in [-0.25, -0.2) is 0 Å². The van der Waals surface area contributed by atoms with Crippen LogP contribution in [0.25, 0.3) is 32.3 Å². The molecule has 0 nitrogen and oxygen atoms in total. The molecule has 0 radical (unpaired) electrons. The lowest BCUT2D eigenvalue weighted by Crippen LogP contribution is -1.92.